The van der Waals surface area contributed by atoms with Crippen LogP contribution in [0.2, 0.25) is 0 Å². The van der Waals surface area contributed by atoms with E-state index < -0.39 is 9.84 Å². The van der Waals surface area contributed by atoms with Gasteiger partial charge in [-0.25, -0.2) is 8.42 Å². The van der Waals surface area contributed by atoms with Crippen molar-refractivity contribution in [3.05, 3.63) is 23.8 Å². The molecule has 0 heterocycles. The van der Waals surface area contributed by atoms with E-state index in [1.54, 1.807) is 33.2 Å². The maximum absolute atomic E-state index is 12.2. The molecule has 0 aliphatic carbocycles. The van der Waals surface area contributed by atoms with E-state index in [0.29, 0.717) is 12.1 Å². The normalized spacial score (nSPS) is 11.3. The van der Waals surface area contributed by atoms with Crippen molar-refractivity contribution < 1.29 is 13.2 Å². The van der Waals surface area contributed by atoms with Crippen molar-refractivity contribution in [2.24, 2.45) is 0 Å². The van der Waals surface area contributed by atoms with Gasteiger partial charge in [0, 0.05) is 20.5 Å². The van der Waals surface area contributed by atoms with Crippen molar-refractivity contribution in [3.8, 4) is 0 Å². The van der Waals surface area contributed by atoms with Crippen LogP contribution in [0.1, 0.15) is 18.4 Å². The largest absolute Gasteiger partial charge is 0.397 e. The number of rotatable bonds is 5. The first-order valence-electron chi connectivity index (χ1n) is 6.03. The Labute approximate surface area is 114 Å². The highest BCUT2D eigenvalue weighted by molar-refractivity contribution is 7.91. The van der Waals surface area contributed by atoms with Crippen molar-refractivity contribution in [1.82, 2.24) is 4.90 Å². The number of carbonyl (C=O) groups excluding carboxylic acids is 1. The van der Waals surface area contributed by atoms with Crippen LogP contribution in [-0.4, -0.2) is 39.1 Å². The molecular formula is C13H20N2O3S. The number of hydrogen-bond donors (Lipinski definition) is 1. The summed E-state index contributed by atoms with van der Waals surface area (Å²) in [5.41, 5.74) is 6.83. The van der Waals surface area contributed by atoms with E-state index in [1.807, 2.05) is 0 Å². The number of amides is 1. The fraction of sp³-hybridized carbons (Fsp3) is 0.462. The molecule has 0 fully saturated rings. The summed E-state index contributed by atoms with van der Waals surface area (Å²) >= 11 is 0. The van der Waals surface area contributed by atoms with Gasteiger partial charge in [-0.2, -0.15) is 0 Å². The molecule has 6 heteroatoms. The van der Waals surface area contributed by atoms with Gasteiger partial charge >= 0.3 is 0 Å². The van der Waals surface area contributed by atoms with Gasteiger partial charge in [-0.3, -0.25) is 4.79 Å². The zero-order valence-corrected chi connectivity index (χ0v) is 12.3. The van der Waals surface area contributed by atoms with Crippen LogP contribution < -0.4 is 5.73 Å². The highest BCUT2D eigenvalue weighted by atomic mass is 32.2. The molecule has 1 rings (SSSR count). The second-order valence-corrected chi connectivity index (χ2v) is 6.77. The number of nitrogen functional groups attached to an aromatic ring is 1. The zero-order chi connectivity index (χ0) is 14.6. The van der Waals surface area contributed by atoms with Gasteiger partial charge in [0.25, 0.3) is 0 Å². The van der Waals surface area contributed by atoms with Crippen LogP contribution in [0.5, 0.6) is 0 Å². The molecule has 0 spiro atoms. The Kier molecular flexibility index (Phi) is 4.94. The third kappa shape index (κ3) is 3.96. The van der Waals surface area contributed by atoms with Crippen LogP contribution in [0.4, 0.5) is 5.69 Å². The lowest BCUT2D eigenvalue weighted by molar-refractivity contribution is -0.128. The molecule has 0 unspecified atom stereocenters. The number of nitrogens with zero attached hydrogens (tertiary/aromatic N) is 1. The minimum atomic E-state index is -3.43. The lowest BCUT2D eigenvalue weighted by Gasteiger charge is -2.11. The molecule has 0 aliphatic rings. The lowest BCUT2D eigenvalue weighted by Crippen LogP contribution is -2.22. The molecule has 106 valence electrons. The minimum Gasteiger partial charge on any atom is -0.397 e. The number of sulfone groups is 1. The van der Waals surface area contributed by atoms with E-state index in [2.05, 4.69) is 0 Å². The molecule has 0 saturated carbocycles. The summed E-state index contributed by atoms with van der Waals surface area (Å²) in [5, 5.41) is 0. The van der Waals surface area contributed by atoms with E-state index in [9.17, 15) is 13.2 Å². The standard InChI is InChI=1S/C13H20N2O3S/c1-10-6-4-7-11(13(10)14)19(17,18)9-5-8-12(16)15(2)3/h4,6-7H,5,8-9,14H2,1-3H3. The molecule has 1 aromatic rings. The van der Waals surface area contributed by atoms with Crippen LogP contribution in [0.25, 0.3) is 0 Å². The summed E-state index contributed by atoms with van der Waals surface area (Å²) in [6.07, 6.45) is 0.519. The molecule has 19 heavy (non-hydrogen) atoms. The van der Waals surface area contributed by atoms with Gasteiger partial charge < -0.3 is 10.6 Å². The molecule has 0 saturated heterocycles. The Balaban J connectivity index is 2.77. The zero-order valence-electron chi connectivity index (χ0n) is 11.5. The number of aryl methyl sites for hydroxylation is 1. The summed E-state index contributed by atoms with van der Waals surface area (Å²) < 4.78 is 24.3. The van der Waals surface area contributed by atoms with Gasteiger partial charge in [0.1, 0.15) is 0 Å². The van der Waals surface area contributed by atoms with E-state index in [0.717, 1.165) is 5.56 Å². The molecule has 2 N–H and O–H groups in total. The fourth-order valence-electron chi connectivity index (χ4n) is 1.67. The van der Waals surface area contributed by atoms with Gasteiger partial charge in [0.05, 0.1) is 16.3 Å². The molecule has 0 radical (unpaired) electrons. The average Bonchev–Trinajstić information content (AvgIpc) is 2.31. The smallest absolute Gasteiger partial charge is 0.222 e. The van der Waals surface area contributed by atoms with Crippen LogP contribution in [0.3, 0.4) is 0 Å². The van der Waals surface area contributed by atoms with Crippen molar-refractivity contribution in [2.45, 2.75) is 24.7 Å². The molecule has 1 amide bonds. The first-order valence-corrected chi connectivity index (χ1v) is 7.69. The second kappa shape index (κ2) is 6.06. The average molecular weight is 284 g/mol. The van der Waals surface area contributed by atoms with E-state index in [4.69, 9.17) is 5.73 Å². The molecule has 0 aromatic heterocycles. The number of carbonyl (C=O) groups is 1. The monoisotopic (exact) mass is 284 g/mol. The highest BCUT2D eigenvalue weighted by Gasteiger charge is 2.18. The SMILES string of the molecule is Cc1cccc(S(=O)(=O)CCCC(=O)N(C)C)c1N. The third-order valence-corrected chi connectivity index (χ3v) is 4.77. The number of para-hydroxylation sites is 1. The molecule has 0 bridgehead atoms. The van der Waals surface area contributed by atoms with Crippen molar-refractivity contribution in [1.29, 1.82) is 0 Å². The number of nitrogens with two attached hydrogens (primary N) is 1. The van der Waals surface area contributed by atoms with Gasteiger partial charge in [0.15, 0.2) is 9.84 Å². The quantitative estimate of drug-likeness (QED) is 0.824. The molecule has 1 aromatic carbocycles. The van der Waals surface area contributed by atoms with Crippen LogP contribution >= 0.6 is 0 Å². The van der Waals surface area contributed by atoms with Crippen molar-refractivity contribution in [3.63, 3.8) is 0 Å². The van der Waals surface area contributed by atoms with E-state index in [-0.39, 0.29) is 23.0 Å². The maximum Gasteiger partial charge on any atom is 0.222 e. The minimum absolute atomic E-state index is 0.0692. The van der Waals surface area contributed by atoms with Crippen molar-refractivity contribution >= 4 is 21.4 Å². The Morgan fingerprint density at radius 3 is 2.53 bits per heavy atom. The second-order valence-electron chi connectivity index (χ2n) is 4.70. The van der Waals surface area contributed by atoms with E-state index >= 15 is 0 Å². The van der Waals surface area contributed by atoms with E-state index in [1.165, 1.54) is 11.0 Å². The lowest BCUT2D eigenvalue weighted by atomic mass is 10.2. The summed E-state index contributed by atoms with van der Waals surface area (Å²) in [6.45, 7) is 1.77. The maximum atomic E-state index is 12.2. The first kappa shape index (κ1) is 15.5. The number of anilines is 1. The van der Waals surface area contributed by atoms with Crippen LogP contribution in [0, 0.1) is 6.92 Å². The van der Waals surface area contributed by atoms with Crippen LogP contribution in [-0.2, 0) is 14.6 Å². The predicted octanol–water partition coefficient (Wildman–Crippen LogP) is 1.22. The Morgan fingerprint density at radius 2 is 1.95 bits per heavy atom. The Morgan fingerprint density at radius 1 is 1.32 bits per heavy atom. The fourth-order valence-corrected chi connectivity index (χ4v) is 3.20. The molecule has 5 nitrogen and oxygen atoms in total. The van der Waals surface area contributed by atoms with Gasteiger partial charge in [0.2, 0.25) is 5.91 Å². The topological polar surface area (TPSA) is 80.5 Å². The summed E-state index contributed by atoms with van der Waals surface area (Å²) in [6, 6.07) is 4.94. The predicted molar refractivity (Wildman–Crippen MR) is 75.6 cm³/mol. The molecule has 0 atom stereocenters. The third-order valence-electron chi connectivity index (χ3n) is 2.92. The van der Waals surface area contributed by atoms with Gasteiger partial charge in [-0.1, -0.05) is 12.1 Å². The van der Waals surface area contributed by atoms with Crippen LogP contribution in [0.15, 0.2) is 23.1 Å². The summed E-state index contributed by atoms with van der Waals surface area (Å²) in [4.78, 5) is 13.0. The van der Waals surface area contributed by atoms with Gasteiger partial charge in [-0.05, 0) is 25.0 Å². The summed E-state index contributed by atoms with van der Waals surface area (Å²) in [7, 11) is -0.134. The first-order chi connectivity index (χ1) is 8.75. The summed E-state index contributed by atoms with van der Waals surface area (Å²) in [5.74, 6) is -0.146. The Hall–Kier alpha value is -1.56. The molecule has 0 aliphatic heterocycles. The number of hydrogen-bond acceptors (Lipinski definition) is 4. The highest BCUT2D eigenvalue weighted by Crippen LogP contribution is 2.23. The van der Waals surface area contributed by atoms with Crippen molar-refractivity contribution in [2.75, 3.05) is 25.6 Å². The molecular weight excluding hydrogens is 264 g/mol. The van der Waals surface area contributed by atoms with Gasteiger partial charge in [-0.15, -0.1) is 0 Å². The number of benzene rings is 1. The Bertz CT molecular complexity index is 565.